The van der Waals surface area contributed by atoms with Crippen LogP contribution >= 0.6 is 0 Å². The summed E-state index contributed by atoms with van der Waals surface area (Å²) in [6, 6.07) is 6.60. The van der Waals surface area contributed by atoms with Gasteiger partial charge in [0.25, 0.3) is 0 Å². The third kappa shape index (κ3) is 5.74. The van der Waals surface area contributed by atoms with E-state index in [9.17, 15) is 9.59 Å². The molecule has 1 aromatic carbocycles. The molecule has 1 aliphatic rings. The van der Waals surface area contributed by atoms with E-state index >= 15 is 0 Å². The number of aryl methyl sites for hydroxylation is 1. The largest absolute Gasteiger partial charge is 0.352 e. The van der Waals surface area contributed by atoms with Crippen molar-refractivity contribution in [1.29, 1.82) is 0 Å². The summed E-state index contributed by atoms with van der Waals surface area (Å²) in [6.07, 6.45) is 6.04. The van der Waals surface area contributed by atoms with Crippen LogP contribution in [-0.2, 0) is 4.79 Å². The lowest BCUT2D eigenvalue weighted by Gasteiger charge is -2.30. The van der Waals surface area contributed by atoms with Gasteiger partial charge in [0.05, 0.1) is 12.5 Å². The quantitative estimate of drug-likeness (QED) is 0.607. The summed E-state index contributed by atoms with van der Waals surface area (Å²) in [7, 11) is 0. The lowest BCUT2D eigenvalue weighted by Crippen LogP contribution is -2.47. The molecule has 1 saturated carbocycles. The SMILES string of the molecule is Cc1ccccc1C(CC(=O)NC(CN)C1CCCCC1)NC(N)=O. The lowest BCUT2D eigenvalue weighted by atomic mass is 9.83. The fraction of sp³-hybridized carbons (Fsp3) is 0.579. The zero-order chi connectivity index (χ0) is 18.2. The number of hydrogen-bond acceptors (Lipinski definition) is 3. The van der Waals surface area contributed by atoms with E-state index in [2.05, 4.69) is 10.6 Å². The number of rotatable bonds is 7. The van der Waals surface area contributed by atoms with Crippen molar-refractivity contribution in [1.82, 2.24) is 10.6 Å². The van der Waals surface area contributed by atoms with Crippen LogP contribution in [0.1, 0.15) is 55.7 Å². The normalized spacial score (nSPS) is 17.5. The molecule has 0 radical (unpaired) electrons. The molecule has 25 heavy (non-hydrogen) atoms. The summed E-state index contributed by atoms with van der Waals surface area (Å²) in [5, 5.41) is 5.76. The van der Waals surface area contributed by atoms with Crippen molar-refractivity contribution in [2.75, 3.05) is 6.54 Å². The minimum atomic E-state index is -0.635. The maximum atomic E-state index is 12.6. The van der Waals surface area contributed by atoms with Gasteiger partial charge in [-0.1, -0.05) is 43.5 Å². The summed E-state index contributed by atoms with van der Waals surface area (Å²) < 4.78 is 0. The van der Waals surface area contributed by atoms with Crippen LogP contribution in [0.2, 0.25) is 0 Å². The predicted molar refractivity (Wildman–Crippen MR) is 98.8 cm³/mol. The number of benzene rings is 1. The van der Waals surface area contributed by atoms with Crippen LogP contribution in [-0.4, -0.2) is 24.5 Å². The second-order valence-corrected chi connectivity index (χ2v) is 6.93. The number of carbonyl (C=O) groups excluding carboxylic acids is 2. The van der Waals surface area contributed by atoms with Crippen LogP contribution in [0.4, 0.5) is 4.79 Å². The van der Waals surface area contributed by atoms with Gasteiger partial charge in [0.1, 0.15) is 0 Å². The van der Waals surface area contributed by atoms with Gasteiger partial charge in [0.15, 0.2) is 0 Å². The van der Waals surface area contributed by atoms with E-state index in [1.807, 2.05) is 31.2 Å². The average molecular weight is 346 g/mol. The molecule has 0 aromatic heterocycles. The van der Waals surface area contributed by atoms with Crippen LogP contribution in [0, 0.1) is 12.8 Å². The average Bonchev–Trinajstić information content (AvgIpc) is 2.60. The molecule has 1 aliphatic carbocycles. The zero-order valence-corrected chi connectivity index (χ0v) is 15.0. The van der Waals surface area contributed by atoms with Gasteiger partial charge in [-0.3, -0.25) is 4.79 Å². The topological polar surface area (TPSA) is 110 Å². The smallest absolute Gasteiger partial charge is 0.312 e. The van der Waals surface area contributed by atoms with Gasteiger partial charge in [-0.05, 0) is 36.8 Å². The van der Waals surface area contributed by atoms with E-state index < -0.39 is 12.1 Å². The third-order valence-electron chi connectivity index (χ3n) is 5.09. The van der Waals surface area contributed by atoms with E-state index in [-0.39, 0.29) is 18.4 Å². The molecule has 6 nitrogen and oxygen atoms in total. The Hall–Kier alpha value is -2.08. The van der Waals surface area contributed by atoms with Crippen LogP contribution in [0.3, 0.4) is 0 Å². The molecule has 1 fully saturated rings. The molecule has 6 N–H and O–H groups in total. The Labute approximate surface area is 149 Å². The number of amides is 3. The maximum absolute atomic E-state index is 12.6. The van der Waals surface area contributed by atoms with Crippen molar-refractivity contribution in [3.8, 4) is 0 Å². The Kier molecular flexibility index (Phi) is 7.25. The van der Waals surface area contributed by atoms with E-state index in [0.717, 1.165) is 24.0 Å². The standard InChI is InChI=1S/C19H30N4O2/c1-13-7-5-6-10-15(13)16(23-19(21)25)11-18(24)22-17(12-20)14-8-3-2-4-9-14/h5-7,10,14,16-17H,2-4,8-9,11-12,20H2,1H3,(H,22,24)(H3,21,23,25). The van der Waals surface area contributed by atoms with Crippen LogP contribution < -0.4 is 22.1 Å². The molecule has 6 heteroatoms. The number of primary amides is 1. The number of nitrogens with one attached hydrogen (secondary N) is 2. The summed E-state index contributed by atoms with van der Waals surface area (Å²) in [5.41, 5.74) is 13.1. The highest BCUT2D eigenvalue weighted by Crippen LogP contribution is 2.26. The number of carbonyl (C=O) groups is 2. The molecule has 2 atom stereocenters. The fourth-order valence-electron chi connectivity index (χ4n) is 3.75. The first-order valence-electron chi connectivity index (χ1n) is 9.12. The molecule has 0 heterocycles. The molecule has 0 spiro atoms. The summed E-state index contributed by atoms with van der Waals surface area (Å²) in [5.74, 6) is 0.340. The van der Waals surface area contributed by atoms with Crippen molar-refractivity contribution >= 4 is 11.9 Å². The molecule has 0 aliphatic heterocycles. The summed E-state index contributed by atoms with van der Waals surface area (Å²) in [6.45, 7) is 2.39. The molecule has 138 valence electrons. The maximum Gasteiger partial charge on any atom is 0.312 e. The highest BCUT2D eigenvalue weighted by atomic mass is 16.2. The summed E-state index contributed by atoms with van der Waals surface area (Å²) >= 11 is 0. The minimum Gasteiger partial charge on any atom is -0.352 e. The predicted octanol–water partition coefficient (Wildman–Crippen LogP) is 2.12. The first kappa shape index (κ1) is 19.2. The molecule has 0 bridgehead atoms. The van der Waals surface area contributed by atoms with Gasteiger partial charge in [-0.2, -0.15) is 0 Å². The van der Waals surface area contributed by atoms with Gasteiger partial charge in [-0.15, -0.1) is 0 Å². The molecule has 2 unspecified atom stereocenters. The third-order valence-corrected chi connectivity index (χ3v) is 5.09. The minimum absolute atomic E-state index is 0.00102. The van der Waals surface area contributed by atoms with Crippen LogP contribution in [0.25, 0.3) is 0 Å². The molecular weight excluding hydrogens is 316 g/mol. The van der Waals surface area contributed by atoms with E-state index in [0.29, 0.717) is 12.5 Å². The van der Waals surface area contributed by atoms with E-state index in [1.165, 1.54) is 19.3 Å². The molecule has 2 rings (SSSR count). The Morgan fingerprint density at radius 1 is 1.16 bits per heavy atom. The molecule has 0 saturated heterocycles. The summed E-state index contributed by atoms with van der Waals surface area (Å²) in [4.78, 5) is 23.9. The van der Waals surface area contributed by atoms with Crippen LogP contribution in [0.5, 0.6) is 0 Å². The molecular formula is C19H30N4O2. The fourth-order valence-corrected chi connectivity index (χ4v) is 3.75. The van der Waals surface area contributed by atoms with E-state index in [1.54, 1.807) is 0 Å². The van der Waals surface area contributed by atoms with Crippen molar-refractivity contribution in [2.24, 2.45) is 17.4 Å². The number of nitrogens with two attached hydrogens (primary N) is 2. The van der Waals surface area contributed by atoms with Crippen LogP contribution in [0.15, 0.2) is 24.3 Å². The van der Waals surface area contributed by atoms with Crippen molar-refractivity contribution in [3.05, 3.63) is 35.4 Å². The first-order valence-corrected chi connectivity index (χ1v) is 9.12. The second-order valence-electron chi connectivity index (χ2n) is 6.93. The van der Waals surface area contributed by atoms with Crippen molar-refractivity contribution < 1.29 is 9.59 Å². The van der Waals surface area contributed by atoms with Crippen molar-refractivity contribution in [2.45, 2.75) is 57.5 Å². The van der Waals surface area contributed by atoms with Gasteiger partial charge < -0.3 is 22.1 Å². The van der Waals surface area contributed by atoms with Gasteiger partial charge in [-0.25, -0.2) is 4.79 Å². The Balaban J connectivity index is 2.03. The highest BCUT2D eigenvalue weighted by Gasteiger charge is 2.26. The highest BCUT2D eigenvalue weighted by molar-refractivity contribution is 5.79. The zero-order valence-electron chi connectivity index (χ0n) is 15.0. The molecule has 3 amide bonds. The first-order chi connectivity index (χ1) is 12.0. The van der Waals surface area contributed by atoms with E-state index in [4.69, 9.17) is 11.5 Å². The number of urea groups is 1. The van der Waals surface area contributed by atoms with Gasteiger partial charge in [0.2, 0.25) is 5.91 Å². The Bertz CT molecular complexity index is 585. The van der Waals surface area contributed by atoms with Gasteiger partial charge >= 0.3 is 6.03 Å². The molecule has 1 aromatic rings. The number of hydrogen-bond donors (Lipinski definition) is 4. The van der Waals surface area contributed by atoms with Gasteiger partial charge in [0, 0.05) is 12.6 Å². The second kappa shape index (κ2) is 9.42. The Morgan fingerprint density at radius 3 is 2.44 bits per heavy atom. The Morgan fingerprint density at radius 2 is 1.84 bits per heavy atom. The van der Waals surface area contributed by atoms with Crippen molar-refractivity contribution in [3.63, 3.8) is 0 Å². The monoisotopic (exact) mass is 346 g/mol. The lowest BCUT2D eigenvalue weighted by molar-refractivity contribution is -0.122.